The Balaban J connectivity index is 1.65. The molecule has 0 saturated carbocycles. The minimum atomic E-state index is 0.778. The first-order valence-corrected chi connectivity index (χ1v) is 7.71. The van der Waals surface area contributed by atoms with Crippen LogP contribution in [0.25, 0.3) is 10.2 Å². The van der Waals surface area contributed by atoms with Crippen LogP contribution in [0.15, 0.2) is 23.6 Å². The monoisotopic (exact) mass is 290 g/mol. The van der Waals surface area contributed by atoms with Crippen LogP contribution >= 0.6 is 22.7 Å². The van der Waals surface area contributed by atoms with Crippen LogP contribution in [-0.4, -0.2) is 16.5 Å². The van der Waals surface area contributed by atoms with Crippen LogP contribution in [0, 0.1) is 6.92 Å². The Kier molecular flexibility index (Phi) is 3.35. The number of anilines is 2. The molecule has 0 amide bonds. The molecule has 19 heavy (non-hydrogen) atoms. The van der Waals surface area contributed by atoms with E-state index in [0.717, 1.165) is 44.7 Å². The van der Waals surface area contributed by atoms with Gasteiger partial charge in [-0.3, -0.25) is 0 Å². The smallest absolute Gasteiger partial charge is 0.183 e. The molecule has 3 aromatic rings. The molecule has 3 N–H and O–H groups in total. The normalized spacial score (nSPS) is 11.0. The van der Waals surface area contributed by atoms with Crippen LogP contribution in [0.1, 0.15) is 10.7 Å². The van der Waals surface area contributed by atoms with Crippen molar-refractivity contribution in [2.75, 3.05) is 17.6 Å². The molecule has 98 valence electrons. The number of fused-ring (bicyclic) bond motifs is 1. The third-order valence-electron chi connectivity index (χ3n) is 2.74. The molecule has 0 aliphatic heterocycles. The van der Waals surface area contributed by atoms with Crippen molar-refractivity contribution < 1.29 is 0 Å². The summed E-state index contributed by atoms with van der Waals surface area (Å²) in [5.74, 6) is 0. The highest BCUT2D eigenvalue weighted by atomic mass is 32.1. The molecule has 0 aliphatic rings. The maximum Gasteiger partial charge on any atom is 0.183 e. The zero-order valence-electron chi connectivity index (χ0n) is 10.5. The van der Waals surface area contributed by atoms with Crippen molar-refractivity contribution in [3.8, 4) is 0 Å². The Morgan fingerprint density at radius 3 is 3.00 bits per heavy atom. The second-order valence-corrected chi connectivity index (χ2v) is 6.37. The van der Waals surface area contributed by atoms with Gasteiger partial charge in [-0.1, -0.05) is 11.3 Å². The molecule has 6 heteroatoms. The van der Waals surface area contributed by atoms with E-state index in [0.29, 0.717) is 0 Å². The fraction of sp³-hybridized carbons (Fsp3) is 0.231. The molecule has 0 radical (unpaired) electrons. The Bertz CT molecular complexity index is 702. The number of aromatic nitrogens is 2. The van der Waals surface area contributed by atoms with Crippen LogP contribution in [0.2, 0.25) is 0 Å². The zero-order chi connectivity index (χ0) is 13.2. The molecule has 0 bridgehead atoms. The number of benzene rings is 1. The van der Waals surface area contributed by atoms with Crippen LogP contribution in [0.3, 0.4) is 0 Å². The highest BCUT2D eigenvalue weighted by Gasteiger charge is 2.04. The number of nitrogen functional groups attached to an aromatic ring is 1. The number of hydrogen-bond donors (Lipinski definition) is 2. The van der Waals surface area contributed by atoms with Gasteiger partial charge in [0.15, 0.2) is 5.13 Å². The van der Waals surface area contributed by atoms with Crippen molar-refractivity contribution in [2.24, 2.45) is 0 Å². The molecule has 0 saturated heterocycles. The number of nitrogens with zero attached hydrogens (tertiary/aromatic N) is 2. The second kappa shape index (κ2) is 5.14. The number of aryl methyl sites for hydroxylation is 1. The summed E-state index contributed by atoms with van der Waals surface area (Å²) < 4.78 is 1.12. The molecule has 1 aromatic carbocycles. The summed E-state index contributed by atoms with van der Waals surface area (Å²) in [4.78, 5) is 8.97. The van der Waals surface area contributed by atoms with Gasteiger partial charge in [0.2, 0.25) is 0 Å². The first-order valence-electron chi connectivity index (χ1n) is 6.01. The topological polar surface area (TPSA) is 63.8 Å². The third-order valence-corrected chi connectivity index (χ3v) is 4.53. The molecule has 2 heterocycles. The first-order chi connectivity index (χ1) is 9.20. The SMILES string of the molecule is Cc1nc(CCNc2nc3ccc(N)cc3s2)cs1. The summed E-state index contributed by atoms with van der Waals surface area (Å²) in [6, 6.07) is 5.79. The summed E-state index contributed by atoms with van der Waals surface area (Å²) in [5, 5.41) is 7.50. The summed E-state index contributed by atoms with van der Waals surface area (Å²) in [6.45, 7) is 2.87. The molecule has 4 nitrogen and oxygen atoms in total. The van der Waals surface area contributed by atoms with Gasteiger partial charge >= 0.3 is 0 Å². The highest BCUT2D eigenvalue weighted by molar-refractivity contribution is 7.22. The maximum absolute atomic E-state index is 5.76. The van der Waals surface area contributed by atoms with E-state index < -0.39 is 0 Å². The Labute approximate surface area is 119 Å². The average molecular weight is 290 g/mol. The van der Waals surface area contributed by atoms with Gasteiger partial charge in [-0.25, -0.2) is 9.97 Å². The molecule has 3 rings (SSSR count). The molecule has 0 spiro atoms. The maximum atomic E-state index is 5.76. The Morgan fingerprint density at radius 2 is 2.21 bits per heavy atom. The highest BCUT2D eigenvalue weighted by Crippen LogP contribution is 2.27. The number of rotatable bonds is 4. The van der Waals surface area contributed by atoms with E-state index in [-0.39, 0.29) is 0 Å². The van der Waals surface area contributed by atoms with E-state index in [1.807, 2.05) is 25.1 Å². The molecule has 0 atom stereocenters. The van der Waals surface area contributed by atoms with Crippen molar-refractivity contribution in [1.29, 1.82) is 0 Å². The zero-order valence-corrected chi connectivity index (χ0v) is 12.1. The van der Waals surface area contributed by atoms with Crippen molar-refractivity contribution in [3.05, 3.63) is 34.3 Å². The van der Waals surface area contributed by atoms with Crippen LogP contribution in [0.4, 0.5) is 10.8 Å². The van der Waals surface area contributed by atoms with Gasteiger partial charge < -0.3 is 11.1 Å². The number of thiazole rings is 2. The predicted molar refractivity (Wildman–Crippen MR) is 83.1 cm³/mol. The van der Waals surface area contributed by atoms with Crippen LogP contribution < -0.4 is 11.1 Å². The molecular formula is C13H14N4S2. The lowest BCUT2D eigenvalue weighted by Gasteiger charge is -1.99. The molecule has 0 fully saturated rings. The molecule has 0 unspecified atom stereocenters. The van der Waals surface area contributed by atoms with Crippen molar-refractivity contribution in [2.45, 2.75) is 13.3 Å². The minimum absolute atomic E-state index is 0.778. The van der Waals surface area contributed by atoms with Crippen molar-refractivity contribution >= 4 is 43.7 Å². The first kappa shape index (κ1) is 12.4. The van der Waals surface area contributed by atoms with E-state index in [1.165, 1.54) is 0 Å². The van der Waals surface area contributed by atoms with Crippen molar-refractivity contribution in [1.82, 2.24) is 9.97 Å². The summed E-state index contributed by atoms with van der Waals surface area (Å²) >= 11 is 3.32. The van der Waals surface area contributed by atoms with E-state index in [1.54, 1.807) is 22.7 Å². The standard InChI is InChI=1S/C13H14N4S2/c1-8-16-10(7-18-8)4-5-15-13-17-11-3-2-9(14)6-12(11)19-13/h2-3,6-7H,4-5,14H2,1H3,(H,15,17). The minimum Gasteiger partial charge on any atom is -0.399 e. The van der Waals surface area contributed by atoms with Gasteiger partial charge in [-0.05, 0) is 25.1 Å². The lowest BCUT2D eigenvalue weighted by atomic mass is 10.3. The second-order valence-electron chi connectivity index (χ2n) is 4.28. The largest absolute Gasteiger partial charge is 0.399 e. The van der Waals surface area contributed by atoms with Gasteiger partial charge in [0.1, 0.15) is 0 Å². The number of nitrogens with one attached hydrogen (secondary N) is 1. The molecule has 0 aliphatic carbocycles. The fourth-order valence-corrected chi connectivity index (χ4v) is 3.42. The lowest BCUT2D eigenvalue weighted by molar-refractivity contribution is 0.967. The van der Waals surface area contributed by atoms with Crippen LogP contribution in [0.5, 0.6) is 0 Å². The van der Waals surface area contributed by atoms with Gasteiger partial charge in [-0.2, -0.15) is 0 Å². The van der Waals surface area contributed by atoms with E-state index in [2.05, 4.69) is 20.7 Å². The van der Waals surface area contributed by atoms with Gasteiger partial charge in [-0.15, -0.1) is 11.3 Å². The number of hydrogen-bond acceptors (Lipinski definition) is 6. The van der Waals surface area contributed by atoms with Crippen LogP contribution in [-0.2, 0) is 6.42 Å². The predicted octanol–water partition coefficient (Wildman–Crippen LogP) is 3.30. The molecule has 2 aromatic heterocycles. The quantitative estimate of drug-likeness (QED) is 0.724. The van der Waals surface area contributed by atoms with Gasteiger partial charge in [0.25, 0.3) is 0 Å². The molecular weight excluding hydrogens is 276 g/mol. The third kappa shape index (κ3) is 2.85. The van der Waals surface area contributed by atoms with E-state index in [9.17, 15) is 0 Å². The van der Waals surface area contributed by atoms with Gasteiger partial charge in [0, 0.05) is 24.0 Å². The average Bonchev–Trinajstić information content (AvgIpc) is 2.95. The van der Waals surface area contributed by atoms with Crippen molar-refractivity contribution in [3.63, 3.8) is 0 Å². The Hall–Kier alpha value is -1.66. The number of nitrogens with two attached hydrogens (primary N) is 1. The lowest BCUT2D eigenvalue weighted by Crippen LogP contribution is -2.04. The Morgan fingerprint density at radius 1 is 1.32 bits per heavy atom. The summed E-state index contributed by atoms with van der Waals surface area (Å²) in [5.41, 5.74) is 8.67. The van der Waals surface area contributed by atoms with Gasteiger partial charge in [0.05, 0.1) is 20.9 Å². The summed E-state index contributed by atoms with van der Waals surface area (Å²) in [7, 11) is 0. The van der Waals surface area contributed by atoms with E-state index in [4.69, 9.17) is 5.73 Å². The fourth-order valence-electron chi connectivity index (χ4n) is 1.84. The van der Waals surface area contributed by atoms with E-state index >= 15 is 0 Å². The summed E-state index contributed by atoms with van der Waals surface area (Å²) in [6.07, 6.45) is 0.919.